The number of allylic oxidation sites excluding steroid dienone is 1. The van der Waals surface area contributed by atoms with Crippen molar-refractivity contribution >= 4 is 11.9 Å². The number of phenols is 1. The first-order valence-corrected chi connectivity index (χ1v) is 6.63. The molecule has 1 heterocycles. The molecule has 1 aliphatic heterocycles. The Kier molecular flexibility index (Phi) is 5.08. The van der Waals surface area contributed by atoms with Crippen LogP contribution >= 0.6 is 0 Å². The van der Waals surface area contributed by atoms with Gasteiger partial charge in [0.1, 0.15) is 24.1 Å². The third-order valence-electron chi connectivity index (χ3n) is 3.39. The fourth-order valence-corrected chi connectivity index (χ4v) is 2.12. The Morgan fingerprint density at radius 2 is 1.95 bits per heavy atom. The molecule has 6 heteroatoms. The number of ether oxygens (including phenoxy) is 1. The van der Waals surface area contributed by atoms with Gasteiger partial charge in [-0.25, -0.2) is 0 Å². The molecule has 114 valence electrons. The minimum Gasteiger partial charge on any atom is -0.507 e. The monoisotopic (exact) mass is 294 g/mol. The van der Waals surface area contributed by atoms with E-state index in [9.17, 15) is 25.2 Å². The van der Waals surface area contributed by atoms with E-state index in [1.807, 2.05) is 0 Å². The SMILES string of the molecule is O=C(/C=C/c1ccccc1O)CC1OC[C@@H](O)[C@H](O)[C@H]1O. The van der Waals surface area contributed by atoms with Gasteiger partial charge in [-0.2, -0.15) is 0 Å². The van der Waals surface area contributed by atoms with Crippen LogP contribution < -0.4 is 0 Å². The summed E-state index contributed by atoms with van der Waals surface area (Å²) in [4.78, 5) is 11.8. The molecule has 1 fully saturated rings. The van der Waals surface area contributed by atoms with E-state index in [0.29, 0.717) is 5.56 Å². The average molecular weight is 294 g/mol. The largest absolute Gasteiger partial charge is 0.507 e. The number of aromatic hydroxyl groups is 1. The van der Waals surface area contributed by atoms with Gasteiger partial charge in [0.2, 0.25) is 0 Å². The third kappa shape index (κ3) is 3.89. The minimum atomic E-state index is -1.32. The van der Waals surface area contributed by atoms with Gasteiger partial charge in [0, 0.05) is 12.0 Å². The van der Waals surface area contributed by atoms with Crippen LogP contribution in [0.1, 0.15) is 12.0 Å². The zero-order valence-corrected chi connectivity index (χ0v) is 11.3. The number of aliphatic hydroxyl groups excluding tert-OH is 3. The van der Waals surface area contributed by atoms with E-state index >= 15 is 0 Å². The molecule has 0 radical (unpaired) electrons. The molecule has 4 N–H and O–H groups in total. The molecule has 0 spiro atoms. The molecule has 0 aromatic heterocycles. The number of hydrogen-bond donors (Lipinski definition) is 4. The molecule has 0 aliphatic carbocycles. The van der Waals surface area contributed by atoms with E-state index in [1.165, 1.54) is 18.2 Å². The van der Waals surface area contributed by atoms with Crippen LogP contribution in [0.4, 0.5) is 0 Å². The number of phenolic OH excluding ortho intramolecular Hbond substituents is 1. The molecule has 1 unspecified atom stereocenters. The number of para-hydroxylation sites is 1. The predicted octanol–water partition coefficient (Wildman–Crippen LogP) is -0.154. The average Bonchev–Trinajstić information content (AvgIpc) is 2.47. The third-order valence-corrected chi connectivity index (χ3v) is 3.39. The molecule has 1 saturated heterocycles. The van der Waals surface area contributed by atoms with E-state index < -0.39 is 24.4 Å². The first kappa shape index (κ1) is 15.7. The quantitative estimate of drug-likeness (QED) is 0.575. The van der Waals surface area contributed by atoms with Crippen LogP contribution in [-0.4, -0.2) is 57.2 Å². The molecule has 0 amide bonds. The highest BCUT2D eigenvalue weighted by atomic mass is 16.5. The van der Waals surface area contributed by atoms with Gasteiger partial charge in [-0.15, -0.1) is 0 Å². The standard InChI is InChI=1S/C15H18O6/c16-10(6-5-9-3-1-2-4-11(9)17)7-13-15(20)14(19)12(18)8-21-13/h1-6,12-15,17-20H,7-8H2/b6-5+/t12-,13?,14+,15+/m1/s1. The Morgan fingerprint density at radius 1 is 1.24 bits per heavy atom. The molecule has 0 saturated carbocycles. The number of benzene rings is 1. The number of carbonyl (C=O) groups excluding carboxylic acids is 1. The van der Waals surface area contributed by atoms with Gasteiger partial charge in [0.05, 0.1) is 12.7 Å². The van der Waals surface area contributed by atoms with Gasteiger partial charge in [0.15, 0.2) is 5.78 Å². The van der Waals surface area contributed by atoms with E-state index in [-0.39, 0.29) is 24.6 Å². The van der Waals surface area contributed by atoms with Gasteiger partial charge in [0.25, 0.3) is 0 Å². The molecule has 0 bridgehead atoms. The Bertz CT molecular complexity index is 527. The molecular formula is C15H18O6. The molecule has 21 heavy (non-hydrogen) atoms. The number of hydrogen-bond acceptors (Lipinski definition) is 6. The Morgan fingerprint density at radius 3 is 2.67 bits per heavy atom. The normalized spacial score (nSPS) is 29.7. The summed E-state index contributed by atoms with van der Waals surface area (Å²) in [5.74, 6) is -0.250. The lowest BCUT2D eigenvalue weighted by molar-refractivity contribution is -0.188. The Hall–Kier alpha value is -1.73. The summed E-state index contributed by atoms with van der Waals surface area (Å²) < 4.78 is 5.16. The Labute approximate surface area is 121 Å². The van der Waals surface area contributed by atoms with Crippen LogP contribution in [0, 0.1) is 0 Å². The number of aliphatic hydroxyl groups is 3. The van der Waals surface area contributed by atoms with Crippen LogP contribution in [0.5, 0.6) is 5.75 Å². The second-order valence-corrected chi connectivity index (χ2v) is 4.98. The van der Waals surface area contributed by atoms with E-state index in [4.69, 9.17) is 4.74 Å². The molecule has 1 aromatic rings. The van der Waals surface area contributed by atoms with Crippen LogP contribution in [-0.2, 0) is 9.53 Å². The van der Waals surface area contributed by atoms with Gasteiger partial charge < -0.3 is 25.2 Å². The molecular weight excluding hydrogens is 276 g/mol. The zero-order chi connectivity index (χ0) is 15.4. The van der Waals surface area contributed by atoms with Crippen molar-refractivity contribution in [1.82, 2.24) is 0 Å². The summed E-state index contributed by atoms with van der Waals surface area (Å²) in [6, 6.07) is 6.57. The molecule has 2 rings (SSSR count). The summed E-state index contributed by atoms with van der Waals surface area (Å²) in [7, 11) is 0. The lowest BCUT2D eigenvalue weighted by Crippen LogP contribution is -2.53. The van der Waals surface area contributed by atoms with Gasteiger partial charge in [-0.3, -0.25) is 4.79 Å². The van der Waals surface area contributed by atoms with E-state index in [0.717, 1.165) is 0 Å². The minimum absolute atomic E-state index is 0.0639. The highest BCUT2D eigenvalue weighted by Gasteiger charge is 2.37. The van der Waals surface area contributed by atoms with Crippen molar-refractivity contribution in [2.24, 2.45) is 0 Å². The van der Waals surface area contributed by atoms with Gasteiger partial charge >= 0.3 is 0 Å². The summed E-state index contributed by atoms with van der Waals surface area (Å²) in [5, 5.41) is 38.1. The van der Waals surface area contributed by atoms with Crippen molar-refractivity contribution in [3.05, 3.63) is 35.9 Å². The maximum Gasteiger partial charge on any atom is 0.158 e. The van der Waals surface area contributed by atoms with Gasteiger partial charge in [-0.05, 0) is 18.2 Å². The topological polar surface area (TPSA) is 107 Å². The maximum absolute atomic E-state index is 11.8. The lowest BCUT2D eigenvalue weighted by atomic mass is 9.96. The van der Waals surface area contributed by atoms with Crippen molar-refractivity contribution in [1.29, 1.82) is 0 Å². The molecule has 4 atom stereocenters. The van der Waals surface area contributed by atoms with Gasteiger partial charge in [-0.1, -0.05) is 18.2 Å². The van der Waals surface area contributed by atoms with Crippen molar-refractivity contribution in [3.8, 4) is 5.75 Å². The summed E-state index contributed by atoms with van der Waals surface area (Å²) >= 11 is 0. The van der Waals surface area contributed by atoms with Crippen LogP contribution in [0.15, 0.2) is 30.3 Å². The van der Waals surface area contributed by atoms with Crippen LogP contribution in [0.25, 0.3) is 6.08 Å². The van der Waals surface area contributed by atoms with Crippen molar-refractivity contribution in [3.63, 3.8) is 0 Å². The molecule has 6 nitrogen and oxygen atoms in total. The first-order valence-electron chi connectivity index (χ1n) is 6.63. The summed E-state index contributed by atoms with van der Waals surface area (Å²) in [5.41, 5.74) is 0.506. The summed E-state index contributed by atoms with van der Waals surface area (Å²) in [6.45, 7) is -0.126. The van der Waals surface area contributed by atoms with Crippen LogP contribution in [0.2, 0.25) is 0 Å². The zero-order valence-electron chi connectivity index (χ0n) is 11.3. The van der Waals surface area contributed by atoms with E-state index in [2.05, 4.69) is 0 Å². The fraction of sp³-hybridized carbons (Fsp3) is 0.400. The molecule has 1 aromatic carbocycles. The number of ketones is 1. The second kappa shape index (κ2) is 6.82. The smallest absolute Gasteiger partial charge is 0.158 e. The van der Waals surface area contributed by atoms with Crippen molar-refractivity contribution in [2.75, 3.05) is 6.61 Å². The highest BCUT2D eigenvalue weighted by Crippen LogP contribution is 2.20. The lowest BCUT2D eigenvalue weighted by Gasteiger charge is -2.34. The van der Waals surface area contributed by atoms with Crippen LogP contribution in [0.3, 0.4) is 0 Å². The van der Waals surface area contributed by atoms with E-state index in [1.54, 1.807) is 18.2 Å². The maximum atomic E-state index is 11.8. The molecule has 1 aliphatic rings. The fourth-order valence-electron chi connectivity index (χ4n) is 2.12. The van der Waals surface area contributed by atoms with Crippen molar-refractivity contribution < 1.29 is 30.0 Å². The second-order valence-electron chi connectivity index (χ2n) is 4.98. The Balaban J connectivity index is 1.94. The summed E-state index contributed by atoms with van der Waals surface area (Å²) in [6.07, 6.45) is -2.00. The van der Waals surface area contributed by atoms with Crippen molar-refractivity contribution in [2.45, 2.75) is 30.8 Å². The number of rotatable bonds is 4. The highest BCUT2D eigenvalue weighted by molar-refractivity contribution is 5.94. The first-order chi connectivity index (χ1) is 9.99. The predicted molar refractivity (Wildman–Crippen MR) is 74.5 cm³/mol. The number of carbonyl (C=O) groups is 1.